The largest absolute Gasteiger partial charge is 0.481 e. The fourth-order valence-corrected chi connectivity index (χ4v) is 2.51. The number of carbonyl (C=O) groups is 3. The van der Waals surface area contributed by atoms with Crippen LogP contribution in [0, 0.1) is 0 Å². The highest BCUT2D eigenvalue weighted by Crippen LogP contribution is 2.23. The molecule has 112 valence electrons. The molecule has 21 heavy (non-hydrogen) atoms. The average molecular weight is 292 g/mol. The molecular weight excluding hydrogens is 276 g/mol. The van der Waals surface area contributed by atoms with Crippen molar-refractivity contribution in [2.75, 3.05) is 6.54 Å². The maximum atomic E-state index is 12.1. The van der Waals surface area contributed by atoms with Crippen LogP contribution in [0.3, 0.4) is 0 Å². The van der Waals surface area contributed by atoms with Crippen LogP contribution in [0.4, 0.5) is 0 Å². The lowest BCUT2D eigenvalue weighted by atomic mass is 9.94. The second-order valence-corrected chi connectivity index (χ2v) is 4.96. The number of rotatable bonds is 4. The molecular formula is C14H16N2O5. The number of benzene rings is 1. The summed E-state index contributed by atoms with van der Waals surface area (Å²) in [6.45, 7) is 0.589. The van der Waals surface area contributed by atoms with Crippen LogP contribution in [-0.2, 0) is 22.6 Å². The van der Waals surface area contributed by atoms with Gasteiger partial charge in [0.2, 0.25) is 5.91 Å². The Kier molecular flexibility index (Phi) is 4.23. The van der Waals surface area contributed by atoms with Gasteiger partial charge in [-0.05, 0) is 23.6 Å². The Bertz CT molecular complexity index is 599. The zero-order valence-corrected chi connectivity index (χ0v) is 11.3. The topological polar surface area (TPSA) is 121 Å². The number of carboxylic acid groups (broad SMARTS) is 2. The second-order valence-electron chi connectivity index (χ2n) is 4.96. The molecule has 0 radical (unpaired) electrons. The van der Waals surface area contributed by atoms with Crippen LogP contribution in [0.15, 0.2) is 18.2 Å². The van der Waals surface area contributed by atoms with E-state index in [-0.39, 0.29) is 12.1 Å². The third kappa shape index (κ3) is 3.19. The van der Waals surface area contributed by atoms with Crippen LogP contribution in [0.2, 0.25) is 0 Å². The van der Waals surface area contributed by atoms with E-state index in [0.717, 1.165) is 11.1 Å². The summed E-state index contributed by atoms with van der Waals surface area (Å²) >= 11 is 0. The summed E-state index contributed by atoms with van der Waals surface area (Å²) in [6, 6.07) is 3.86. The summed E-state index contributed by atoms with van der Waals surface area (Å²) in [5.74, 6) is -2.54. The fraction of sp³-hybridized carbons (Fsp3) is 0.357. The molecule has 7 nitrogen and oxygen atoms in total. The molecule has 0 bridgehead atoms. The van der Waals surface area contributed by atoms with E-state index in [2.05, 4.69) is 0 Å². The van der Waals surface area contributed by atoms with Gasteiger partial charge in [0.25, 0.3) is 0 Å². The van der Waals surface area contributed by atoms with E-state index in [1.165, 1.54) is 11.0 Å². The fourth-order valence-electron chi connectivity index (χ4n) is 2.51. The van der Waals surface area contributed by atoms with Gasteiger partial charge in [-0.15, -0.1) is 0 Å². The number of nitrogens with two attached hydrogens (primary N) is 1. The molecule has 1 atom stereocenters. The highest BCUT2D eigenvalue weighted by Gasteiger charge is 2.28. The standard InChI is InChI=1S/C14H16N2O5/c15-11(6-12(17)18)13(19)16-5-4-9-8(7-16)2-1-3-10(9)14(20)21/h1-3,11H,4-7,15H2,(H,17,18)(H,20,21). The second kappa shape index (κ2) is 5.92. The van der Waals surface area contributed by atoms with Gasteiger partial charge in [0, 0.05) is 13.1 Å². The Morgan fingerprint density at radius 2 is 2.00 bits per heavy atom. The highest BCUT2D eigenvalue weighted by molar-refractivity contribution is 5.90. The van der Waals surface area contributed by atoms with Gasteiger partial charge in [-0.3, -0.25) is 9.59 Å². The van der Waals surface area contributed by atoms with Crippen LogP contribution in [0.1, 0.15) is 27.9 Å². The molecule has 4 N–H and O–H groups in total. The van der Waals surface area contributed by atoms with E-state index in [4.69, 9.17) is 15.9 Å². The molecule has 0 saturated heterocycles. The Hall–Kier alpha value is -2.41. The molecule has 1 aromatic rings. The normalized spacial score (nSPS) is 15.2. The first-order chi connectivity index (χ1) is 9.90. The zero-order chi connectivity index (χ0) is 15.6. The molecule has 1 aromatic carbocycles. The Morgan fingerprint density at radius 1 is 1.29 bits per heavy atom. The Balaban J connectivity index is 2.16. The van der Waals surface area contributed by atoms with Crippen molar-refractivity contribution in [3.8, 4) is 0 Å². The first-order valence-corrected chi connectivity index (χ1v) is 6.50. The number of amides is 1. The summed E-state index contributed by atoms with van der Waals surface area (Å²) in [5, 5.41) is 17.8. The van der Waals surface area contributed by atoms with Gasteiger partial charge in [0.05, 0.1) is 18.0 Å². The molecule has 0 saturated carbocycles. The van der Waals surface area contributed by atoms with Crippen LogP contribution >= 0.6 is 0 Å². The smallest absolute Gasteiger partial charge is 0.335 e. The van der Waals surface area contributed by atoms with Gasteiger partial charge in [0.15, 0.2) is 0 Å². The summed E-state index contributed by atoms with van der Waals surface area (Å²) in [6.07, 6.45) is 0.000689. The molecule has 1 aliphatic heterocycles. The maximum Gasteiger partial charge on any atom is 0.335 e. The van der Waals surface area contributed by atoms with E-state index >= 15 is 0 Å². The lowest BCUT2D eigenvalue weighted by molar-refractivity contribution is -0.142. The van der Waals surface area contributed by atoms with E-state index in [0.29, 0.717) is 13.0 Å². The highest BCUT2D eigenvalue weighted by atomic mass is 16.4. The number of nitrogens with zero attached hydrogens (tertiary/aromatic N) is 1. The number of fused-ring (bicyclic) bond motifs is 1. The monoisotopic (exact) mass is 292 g/mol. The first kappa shape index (κ1) is 15.0. The van der Waals surface area contributed by atoms with Crippen LogP contribution in [0.25, 0.3) is 0 Å². The minimum atomic E-state index is -1.12. The third-order valence-electron chi connectivity index (χ3n) is 3.52. The Labute approximate surface area is 121 Å². The SMILES string of the molecule is NC(CC(=O)O)C(=O)N1CCc2c(cccc2C(=O)O)C1. The van der Waals surface area contributed by atoms with E-state index in [9.17, 15) is 14.4 Å². The van der Waals surface area contributed by atoms with E-state index in [1.807, 2.05) is 0 Å². The van der Waals surface area contributed by atoms with Crippen molar-refractivity contribution in [1.29, 1.82) is 0 Å². The maximum absolute atomic E-state index is 12.1. The van der Waals surface area contributed by atoms with E-state index < -0.39 is 30.3 Å². The van der Waals surface area contributed by atoms with Crippen molar-refractivity contribution >= 4 is 17.8 Å². The lowest BCUT2D eigenvalue weighted by Crippen LogP contribution is -2.46. The summed E-state index contributed by atoms with van der Waals surface area (Å²) < 4.78 is 0. The van der Waals surface area contributed by atoms with E-state index in [1.54, 1.807) is 12.1 Å². The predicted octanol–water partition coefficient (Wildman–Crippen LogP) is 0.0715. The molecule has 1 aliphatic rings. The van der Waals surface area contributed by atoms with Crippen molar-refractivity contribution in [1.82, 2.24) is 4.90 Å². The number of aromatic carboxylic acids is 1. The van der Waals surface area contributed by atoms with Crippen LogP contribution in [-0.4, -0.2) is 45.5 Å². The minimum absolute atomic E-state index is 0.245. The molecule has 7 heteroatoms. The molecule has 0 spiro atoms. The lowest BCUT2D eigenvalue weighted by Gasteiger charge is -2.31. The molecule has 0 fully saturated rings. The van der Waals surface area contributed by atoms with Crippen molar-refractivity contribution in [2.24, 2.45) is 5.73 Å². The van der Waals surface area contributed by atoms with Crippen molar-refractivity contribution in [2.45, 2.75) is 25.4 Å². The van der Waals surface area contributed by atoms with Gasteiger partial charge in [-0.2, -0.15) is 0 Å². The van der Waals surface area contributed by atoms with Crippen LogP contribution in [0.5, 0.6) is 0 Å². The minimum Gasteiger partial charge on any atom is -0.481 e. The van der Waals surface area contributed by atoms with Crippen molar-refractivity contribution < 1.29 is 24.6 Å². The zero-order valence-electron chi connectivity index (χ0n) is 11.3. The number of hydrogen-bond donors (Lipinski definition) is 3. The first-order valence-electron chi connectivity index (χ1n) is 6.50. The van der Waals surface area contributed by atoms with Gasteiger partial charge in [-0.25, -0.2) is 4.79 Å². The molecule has 2 rings (SSSR count). The third-order valence-corrected chi connectivity index (χ3v) is 3.52. The van der Waals surface area contributed by atoms with Gasteiger partial charge in [-0.1, -0.05) is 12.1 Å². The quantitative estimate of drug-likeness (QED) is 0.722. The summed E-state index contributed by atoms with van der Waals surface area (Å²) in [7, 11) is 0. The van der Waals surface area contributed by atoms with Crippen molar-refractivity contribution in [3.05, 3.63) is 34.9 Å². The number of carboxylic acids is 2. The predicted molar refractivity (Wildman–Crippen MR) is 72.8 cm³/mol. The molecule has 0 aromatic heterocycles. The van der Waals surface area contributed by atoms with Gasteiger partial charge < -0.3 is 20.8 Å². The molecule has 1 amide bonds. The average Bonchev–Trinajstić information content (AvgIpc) is 2.44. The number of hydrogen-bond acceptors (Lipinski definition) is 4. The van der Waals surface area contributed by atoms with Crippen molar-refractivity contribution in [3.63, 3.8) is 0 Å². The molecule has 1 heterocycles. The summed E-state index contributed by atoms with van der Waals surface area (Å²) in [4.78, 5) is 35.3. The van der Waals surface area contributed by atoms with Crippen LogP contribution < -0.4 is 5.73 Å². The Morgan fingerprint density at radius 3 is 2.62 bits per heavy atom. The van der Waals surface area contributed by atoms with Gasteiger partial charge >= 0.3 is 11.9 Å². The van der Waals surface area contributed by atoms with Gasteiger partial charge in [0.1, 0.15) is 0 Å². The molecule has 0 aliphatic carbocycles. The molecule has 1 unspecified atom stereocenters. The number of aliphatic carboxylic acids is 1. The summed E-state index contributed by atoms with van der Waals surface area (Å²) in [5.41, 5.74) is 7.31. The number of carbonyl (C=O) groups excluding carboxylic acids is 1.